The van der Waals surface area contributed by atoms with Crippen LogP contribution in [0.5, 0.6) is 0 Å². The number of aliphatic carboxylic acids is 1. The first-order valence-corrected chi connectivity index (χ1v) is 8.15. The summed E-state index contributed by atoms with van der Waals surface area (Å²) in [6.07, 6.45) is -1.74. The van der Waals surface area contributed by atoms with Crippen molar-refractivity contribution < 1.29 is 27.4 Å². The van der Waals surface area contributed by atoms with Crippen LogP contribution in [0.15, 0.2) is 59.5 Å². The summed E-state index contributed by atoms with van der Waals surface area (Å²) in [5.41, 5.74) is 0.316. The molecule has 126 valence electrons. The molecule has 0 heterocycles. The molecule has 0 amide bonds. The van der Waals surface area contributed by atoms with Crippen molar-refractivity contribution in [2.75, 3.05) is 0 Å². The van der Waals surface area contributed by atoms with Crippen LogP contribution in [0.1, 0.15) is 5.56 Å². The van der Waals surface area contributed by atoms with Gasteiger partial charge in [0.15, 0.2) is 6.10 Å². The minimum Gasteiger partial charge on any atom is -0.479 e. The zero-order chi connectivity index (χ0) is 17.7. The summed E-state index contributed by atoms with van der Waals surface area (Å²) in [7, 11) is -4.37. The first-order chi connectivity index (χ1) is 11.3. The van der Waals surface area contributed by atoms with E-state index in [9.17, 15) is 28.4 Å². The molecular weight excluding hydrogens is 338 g/mol. The van der Waals surface area contributed by atoms with Crippen molar-refractivity contribution >= 4 is 21.8 Å². The molecule has 0 aliphatic rings. The van der Waals surface area contributed by atoms with Crippen molar-refractivity contribution in [3.8, 4) is 0 Å². The first-order valence-electron chi connectivity index (χ1n) is 6.74. The van der Waals surface area contributed by atoms with Gasteiger partial charge in [-0.1, -0.05) is 30.3 Å². The van der Waals surface area contributed by atoms with E-state index in [1.807, 2.05) is 0 Å². The van der Waals surface area contributed by atoms with Gasteiger partial charge in [0.25, 0.3) is 15.8 Å². The maximum atomic E-state index is 12.2. The summed E-state index contributed by atoms with van der Waals surface area (Å²) in [5, 5.41) is 19.8. The lowest BCUT2D eigenvalue weighted by atomic mass is 10.1. The van der Waals surface area contributed by atoms with Gasteiger partial charge < -0.3 is 5.11 Å². The third-order valence-corrected chi connectivity index (χ3v) is 4.45. The second-order valence-corrected chi connectivity index (χ2v) is 6.39. The minimum absolute atomic E-state index is 0.137. The average molecular weight is 351 g/mol. The molecule has 0 spiro atoms. The van der Waals surface area contributed by atoms with Gasteiger partial charge in [-0.3, -0.25) is 14.3 Å². The standard InChI is InChI=1S/C15H13NO7S/c17-15(18)14(10-11-4-2-1-3-5-11)23-24(21,22)13-8-6-12(7-9-13)16(19)20/h1-9,14H,10H2,(H,17,18). The summed E-state index contributed by atoms with van der Waals surface area (Å²) in [5.74, 6) is -1.43. The second kappa shape index (κ2) is 7.20. The van der Waals surface area contributed by atoms with E-state index in [1.165, 1.54) is 0 Å². The van der Waals surface area contributed by atoms with Crippen LogP contribution < -0.4 is 0 Å². The van der Waals surface area contributed by atoms with Crippen molar-refractivity contribution in [3.05, 3.63) is 70.3 Å². The van der Waals surface area contributed by atoms with Crippen molar-refractivity contribution in [1.29, 1.82) is 0 Å². The Kier molecular flexibility index (Phi) is 5.27. The molecule has 1 atom stereocenters. The van der Waals surface area contributed by atoms with Crippen LogP contribution in [0, 0.1) is 10.1 Å². The molecule has 8 nitrogen and oxygen atoms in total. The molecule has 2 rings (SSSR count). The largest absolute Gasteiger partial charge is 0.479 e. The van der Waals surface area contributed by atoms with Crippen LogP contribution in [0.4, 0.5) is 5.69 Å². The molecule has 0 saturated heterocycles. The van der Waals surface area contributed by atoms with E-state index >= 15 is 0 Å². The van der Waals surface area contributed by atoms with Crippen LogP contribution in [0.3, 0.4) is 0 Å². The zero-order valence-electron chi connectivity index (χ0n) is 12.2. The lowest BCUT2D eigenvalue weighted by Crippen LogP contribution is -2.29. The smallest absolute Gasteiger partial charge is 0.334 e. The number of non-ortho nitro benzene ring substituents is 1. The average Bonchev–Trinajstić information content (AvgIpc) is 2.55. The Bertz CT molecular complexity index is 832. The van der Waals surface area contributed by atoms with E-state index in [-0.39, 0.29) is 17.0 Å². The van der Waals surface area contributed by atoms with Crippen LogP contribution in [-0.4, -0.2) is 30.5 Å². The van der Waals surface area contributed by atoms with E-state index in [0.717, 1.165) is 24.3 Å². The van der Waals surface area contributed by atoms with Crippen molar-refractivity contribution in [2.24, 2.45) is 0 Å². The Morgan fingerprint density at radius 1 is 1.12 bits per heavy atom. The number of nitro benzene ring substituents is 1. The molecule has 24 heavy (non-hydrogen) atoms. The van der Waals surface area contributed by atoms with E-state index in [4.69, 9.17) is 4.18 Å². The number of nitrogens with zero attached hydrogens (tertiary/aromatic N) is 1. The lowest BCUT2D eigenvalue weighted by molar-refractivity contribution is -0.384. The predicted molar refractivity (Wildman–Crippen MR) is 82.9 cm³/mol. The Labute approximate surface area is 137 Å². The third kappa shape index (κ3) is 4.37. The lowest BCUT2D eigenvalue weighted by Gasteiger charge is -2.13. The highest BCUT2D eigenvalue weighted by Gasteiger charge is 2.28. The van der Waals surface area contributed by atoms with Gasteiger partial charge in [-0.2, -0.15) is 8.42 Å². The van der Waals surface area contributed by atoms with Gasteiger partial charge in [0, 0.05) is 18.6 Å². The quantitative estimate of drug-likeness (QED) is 0.459. The molecule has 1 N–H and O–H groups in total. The van der Waals surface area contributed by atoms with E-state index in [1.54, 1.807) is 30.3 Å². The van der Waals surface area contributed by atoms with Gasteiger partial charge in [0.1, 0.15) is 0 Å². The Hall–Kier alpha value is -2.78. The fraction of sp³-hybridized carbons (Fsp3) is 0.133. The molecule has 9 heteroatoms. The van der Waals surface area contributed by atoms with E-state index in [0.29, 0.717) is 5.56 Å². The molecule has 0 fully saturated rings. The number of benzene rings is 2. The molecule has 2 aromatic carbocycles. The fourth-order valence-electron chi connectivity index (χ4n) is 1.93. The van der Waals surface area contributed by atoms with Crippen molar-refractivity contribution in [3.63, 3.8) is 0 Å². The molecule has 0 aromatic heterocycles. The Balaban J connectivity index is 2.21. The third-order valence-electron chi connectivity index (χ3n) is 3.12. The Morgan fingerprint density at radius 3 is 2.21 bits per heavy atom. The number of carboxylic acids is 1. The molecule has 2 aromatic rings. The summed E-state index contributed by atoms with van der Waals surface area (Å²) in [6, 6.07) is 12.4. The summed E-state index contributed by atoms with van der Waals surface area (Å²) >= 11 is 0. The van der Waals surface area contributed by atoms with Crippen molar-refractivity contribution in [2.45, 2.75) is 17.4 Å². The maximum absolute atomic E-state index is 12.2. The molecule has 0 bridgehead atoms. The number of hydrogen-bond acceptors (Lipinski definition) is 6. The number of nitro groups is 1. The predicted octanol–water partition coefficient (Wildman–Crippen LogP) is 2.00. The number of carboxylic acid groups (broad SMARTS) is 1. The van der Waals surface area contributed by atoms with Gasteiger partial charge >= 0.3 is 5.97 Å². The molecule has 0 aliphatic heterocycles. The Morgan fingerprint density at radius 2 is 1.71 bits per heavy atom. The number of rotatable bonds is 7. The molecule has 0 radical (unpaired) electrons. The molecule has 0 saturated carbocycles. The zero-order valence-corrected chi connectivity index (χ0v) is 13.0. The monoisotopic (exact) mass is 351 g/mol. The van der Waals surface area contributed by atoms with Crippen LogP contribution in [-0.2, 0) is 25.5 Å². The van der Waals surface area contributed by atoms with Gasteiger partial charge in [-0.25, -0.2) is 4.79 Å². The molecule has 1 unspecified atom stereocenters. The van der Waals surface area contributed by atoms with Gasteiger partial charge in [0.05, 0.1) is 9.82 Å². The summed E-state index contributed by atoms with van der Waals surface area (Å²) in [6.45, 7) is 0. The van der Waals surface area contributed by atoms with E-state index in [2.05, 4.69) is 0 Å². The van der Waals surface area contributed by atoms with Crippen LogP contribution in [0.25, 0.3) is 0 Å². The SMILES string of the molecule is O=C(O)C(Cc1ccccc1)OS(=O)(=O)c1ccc([N+](=O)[O-])cc1. The number of hydrogen-bond donors (Lipinski definition) is 1. The molecule has 0 aliphatic carbocycles. The minimum atomic E-state index is -4.37. The molecular formula is C15H13NO7S. The highest BCUT2D eigenvalue weighted by molar-refractivity contribution is 7.86. The summed E-state index contributed by atoms with van der Waals surface area (Å²) in [4.78, 5) is 20.8. The topological polar surface area (TPSA) is 124 Å². The summed E-state index contributed by atoms with van der Waals surface area (Å²) < 4.78 is 29.1. The highest BCUT2D eigenvalue weighted by Crippen LogP contribution is 2.20. The second-order valence-electron chi connectivity index (χ2n) is 4.82. The van der Waals surface area contributed by atoms with Gasteiger partial charge in [-0.05, 0) is 17.7 Å². The van der Waals surface area contributed by atoms with Crippen LogP contribution in [0.2, 0.25) is 0 Å². The van der Waals surface area contributed by atoms with Gasteiger partial charge in [0.2, 0.25) is 0 Å². The number of carbonyl (C=O) groups is 1. The maximum Gasteiger partial charge on any atom is 0.334 e. The van der Waals surface area contributed by atoms with E-state index < -0.39 is 27.1 Å². The van der Waals surface area contributed by atoms with Gasteiger partial charge in [-0.15, -0.1) is 0 Å². The fourth-order valence-corrected chi connectivity index (χ4v) is 2.97. The van der Waals surface area contributed by atoms with Crippen molar-refractivity contribution in [1.82, 2.24) is 0 Å². The first kappa shape index (κ1) is 17.6. The highest BCUT2D eigenvalue weighted by atomic mass is 32.2. The normalized spacial score (nSPS) is 12.5. The van der Waals surface area contributed by atoms with Crippen LogP contribution >= 0.6 is 0 Å².